The van der Waals surface area contributed by atoms with Crippen LogP contribution >= 0.6 is 0 Å². The van der Waals surface area contributed by atoms with Crippen LogP contribution in [0.15, 0.2) is 42.5 Å². The first-order valence-corrected chi connectivity index (χ1v) is 9.31. The van der Waals surface area contributed by atoms with Crippen LogP contribution in [0, 0.1) is 0 Å². The molecular formula is C21H27N3O3. The molecule has 0 bridgehead atoms. The number of carbonyl (C=O) groups is 2. The predicted octanol–water partition coefficient (Wildman–Crippen LogP) is 2.98. The number of amides is 2. The summed E-state index contributed by atoms with van der Waals surface area (Å²) in [5, 5.41) is 5.67. The second kappa shape index (κ2) is 11.0. The van der Waals surface area contributed by atoms with Gasteiger partial charge >= 0.3 is 0 Å². The van der Waals surface area contributed by atoms with Gasteiger partial charge in [-0.2, -0.15) is 0 Å². The molecule has 0 atom stereocenters. The Hall–Kier alpha value is -2.89. The van der Waals surface area contributed by atoms with E-state index >= 15 is 0 Å². The zero-order valence-corrected chi connectivity index (χ0v) is 16.0. The van der Waals surface area contributed by atoms with Crippen molar-refractivity contribution in [1.82, 2.24) is 15.6 Å². The van der Waals surface area contributed by atoms with E-state index in [2.05, 4.69) is 22.5 Å². The van der Waals surface area contributed by atoms with E-state index in [1.807, 2.05) is 24.3 Å². The summed E-state index contributed by atoms with van der Waals surface area (Å²) >= 11 is 0. The second-order valence-electron chi connectivity index (χ2n) is 6.19. The van der Waals surface area contributed by atoms with E-state index in [0.717, 1.165) is 30.6 Å². The van der Waals surface area contributed by atoms with Crippen LogP contribution in [0.5, 0.6) is 5.75 Å². The number of carbonyl (C=O) groups excluding carboxylic acids is 2. The molecule has 0 spiro atoms. The molecule has 6 nitrogen and oxygen atoms in total. The molecule has 144 valence electrons. The average molecular weight is 369 g/mol. The van der Waals surface area contributed by atoms with Crippen molar-refractivity contribution in [2.45, 2.75) is 32.6 Å². The first kappa shape index (κ1) is 20.4. The average Bonchev–Trinajstić information content (AvgIpc) is 2.71. The smallest absolute Gasteiger partial charge is 0.269 e. The molecule has 0 aliphatic heterocycles. The summed E-state index contributed by atoms with van der Waals surface area (Å²) in [6, 6.07) is 12.6. The topological polar surface area (TPSA) is 80.3 Å². The molecule has 27 heavy (non-hydrogen) atoms. The fourth-order valence-corrected chi connectivity index (χ4v) is 2.67. The Morgan fingerprint density at radius 2 is 1.59 bits per heavy atom. The Morgan fingerprint density at radius 1 is 0.926 bits per heavy atom. The predicted molar refractivity (Wildman–Crippen MR) is 105 cm³/mol. The summed E-state index contributed by atoms with van der Waals surface area (Å²) in [6.45, 7) is 3.18. The van der Waals surface area contributed by atoms with E-state index in [-0.39, 0.29) is 23.2 Å². The number of hydrogen-bond acceptors (Lipinski definition) is 4. The number of nitrogens with one attached hydrogen (secondary N) is 2. The lowest BCUT2D eigenvalue weighted by Gasteiger charge is -2.09. The van der Waals surface area contributed by atoms with Gasteiger partial charge in [0.2, 0.25) is 0 Å². The summed E-state index contributed by atoms with van der Waals surface area (Å²) in [4.78, 5) is 28.6. The molecule has 0 radical (unpaired) electrons. The Balaban J connectivity index is 1.88. The van der Waals surface area contributed by atoms with E-state index in [0.29, 0.717) is 19.5 Å². The van der Waals surface area contributed by atoms with Crippen LogP contribution in [-0.2, 0) is 6.42 Å². The molecule has 0 aliphatic rings. The third-order valence-electron chi connectivity index (χ3n) is 4.15. The number of rotatable bonds is 10. The van der Waals surface area contributed by atoms with E-state index in [1.54, 1.807) is 25.3 Å². The number of nitrogens with zero attached hydrogens (tertiary/aromatic N) is 1. The summed E-state index contributed by atoms with van der Waals surface area (Å²) in [7, 11) is 1.63. The highest BCUT2D eigenvalue weighted by Gasteiger charge is 2.12. The fourth-order valence-electron chi connectivity index (χ4n) is 2.67. The lowest BCUT2D eigenvalue weighted by atomic mass is 10.1. The molecular weight excluding hydrogens is 342 g/mol. The van der Waals surface area contributed by atoms with E-state index in [4.69, 9.17) is 4.74 Å². The lowest BCUT2D eigenvalue weighted by Crippen LogP contribution is -2.29. The molecule has 1 aromatic heterocycles. The van der Waals surface area contributed by atoms with Crippen LogP contribution in [0.2, 0.25) is 0 Å². The van der Waals surface area contributed by atoms with Gasteiger partial charge in [-0.25, -0.2) is 4.98 Å². The minimum absolute atomic E-state index is 0.233. The van der Waals surface area contributed by atoms with Crippen molar-refractivity contribution >= 4 is 11.8 Å². The molecule has 2 aromatic rings. The molecule has 2 amide bonds. The number of pyridine rings is 1. The maximum atomic E-state index is 12.3. The van der Waals surface area contributed by atoms with Gasteiger partial charge in [-0.1, -0.05) is 44.0 Å². The number of methoxy groups -OCH3 is 1. The molecule has 0 saturated carbocycles. The van der Waals surface area contributed by atoms with E-state index < -0.39 is 0 Å². The molecule has 1 aromatic carbocycles. The highest BCUT2D eigenvalue weighted by Crippen LogP contribution is 2.17. The molecule has 2 rings (SSSR count). The minimum Gasteiger partial charge on any atom is -0.496 e. The Morgan fingerprint density at radius 3 is 2.26 bits per heavy atom. The molecule has 0 unspecified atom stereocenters. The van der Waals surface area contributed by atoms with Crippen molar-refractivity contribution < 1.29 is 14.3 Å². The number of benzene rings is 1. The van der Waals surface area contributed by atoms with Gasteiger partial charge in [-0.15, -0.1) is 0 Å². The van der Waals surface area contributed by atoms with Gasteiger partial charge in [0.1, 0.15) is 17.1 Å². The SMILES string of the molecule is CCCCCNC(=O)c1cccc(C(=O)NCCc2ccccc2OC)n1. The number of hydrogen-bond donors (Lipinski definition) is 2. The Labute approximate surface area is 160 Å². The van der Waals surface area contributed by atoms with Gasteiger partial charge in [0.15, 0.2) is 0 Å². The summed E-state index contributed by atoms with van der Waals surface area (Å²) < 4.78 is 5.31. The molecule has 6 heteroatoms. The molecule has 0 aliphatic carbocycles. The van der Waals surface area contributed by atoms with Crippen LogP contribution in [0.1, 0.15) is 52.7 Å². The fraction of sp³-hybridized carbons (Fsp3) is 0.381. The highest BCUT2D eigenvalue weighted by molar-refractivity contribution is 5.96. The van der Waals surface area contributed by atoms with Crippen molar-refractivity contribution in [1.29, 1.82) is 0 Å². The van der Waals surface area contributed by atoms with Gasteiger partial charge < -0.3 is 15.4 Å². The number of ether oxygens (including phenoxy) is 1. The third kappa shape index (κ3) is 6.40. The third-order valence-corrected chi connectivity index (χ3v) is 4.15. The summed E-state index contributed by atoms with van der Waals surface area (Å²) in [6.07, 6.45) is 3.75. The quantitative estimate of drug-likeness (QED) is 0.631. The minimum atomic E-state index is -0.300. The maximum Gasteiger partial charge on any atom is 0.269 e. The number of para-hydroxylation sites is 1. The normalized spacial score (nSPS) is 10.3. The van der Waals surface area contributed by atoms with Crippen LogP contribution in [-0.4, -0.2) is 37.0 Å². The number of aromatic nitrogens is 1. The van der Waals surface area contributed by atoms with Gasteiger partial charge in [0.25, 0.3) is 11.8 Å². The van der Waals surface area contributed by atoms with Crippen LogP contribution < -0.4 is 15.4 Å². The van der Waals surface area contributed by atoms with Crippen molar-refractivity contribution in [3.05, 3.63) is 59.4 Å². The Kier molecular flexibility index (Phi) is 8.29. The lowest BCUT2D eigenvalue weighted by molar-refractivity contribution is 0.0944. The molecule has 0 fully saturated rings. The zero-order chi connectivity index (χ0) is 19.5. The second-order valence-corrected chi connectivity index (χ2v) is 6.19. The van der Waals surface area contributed by atoms with E-state index in [1.165, 1.54) is 0 Å². The monoisotopic (exact) mass is 369 g/mol. The first-order chi connectivity index (χ1) is 13.2. The van der Waals surface area contributed by atoms with Gasteiger partial charge in [0.05, 0.1) is 7.11 Å². The van der Waals surface area contributed by atoms with Crippen LogP contribution in [0.4, 0.5) is 0 Å². The standard InChI is InChI=1S/C21H27N3O3/c1-3-4-7-14-22-20(25)17-10-8-11-18(24-17)21(26)23-15-13-16-9-5-6-12-19(16)27-2/h5-6,8-12H,3-4,7,13-15H2,1-2H3,(H,22,25)(H,23,26). The van der Waals surface area contributed by atoms with Gasteiger partial charge in [0, 0.05) is 13.1 Å². The Bertz CT molecular complexity index is 762. The van der Waals surface area contributed by atoms with Crippen LogP contribution in [0.3, 0.4) is 0 Å². The van der Waals surface area contributed by atoms with E-state index in [9.17, 15) is 9.59 Å². The number of unbranched alkanes of at least 4 members (excludes halogenated alkanes) is 2. The summed E-state index contributed by atoms with van der Waals surface area (Å²) in [5.74, 6) is 0.243. The van der Waals surface area contributed by atoms with Crippen LogP contribution in [0.25, 0.3) is 0 Å². The van der Waals surface area contributed by atoms with Crippen molar-refractivity contribution in [3.8, 4) is 5.75 Å². The highest BCUT2D eigenvalue weighted by atomic mass is 16.5. The van der Waals surface area contributed by atoms with Crippen molar-refractivity contribution in [2.75, 3.05) is 20.2 Å². The first-order valence-electron chi connectivity index (χ1n) is 9.31. The molecule has 0 saturated heterocycles. The van der Waals surface area contributed by atoms with Crippen molar-refractivity contribution in [2.24, 2.45) is 0 Å². The molecule has 1 heterocycles. The summed E-state index contributed by atoms with van der Waals surface area (Å²) in [5.41, 5.74) is 1.51. The molecule has 2 N–H and O–H groups in total. The van der Waals surface area contributed by atoms with Gasteiger partial charge in [-0.3, -0.25) is 9.59 Å². The maximum absolute atomic E-state index is 12.3. The van der Waals surface area contributed by atoms with Gasteiger partial charge in [-0.05, 0) is 36.6 Å². The zero-order valence-electron chi connectivity index (χ0n) is 16.0. The van der Waals surface area contributed by atoms with Crippen molar-refractivity contribution in [3.63, 3.8) is 0 Å². The largest absolute Gasteiger partial charge is 0.496 e.